The molecule has 0 radical (unpaired) electrons. The zero-order valence-electron chi connectivity index (χ0n) is 11.8. The van der Waals surface area contributed by atoms with Gasteiger partial charge in [-0.25, -0.2) is 0 Å². The fourth-order valence-electron chi connectivity index (χ4n) is 3.65. The van der Waals surface area contributed by atoms with Gasteiger partial charge in [0.05, 0.1) is 25.2 Å². The lowest BCUT2D eigenvalue weighted by Gasteiger charge is -2.45. The Morgan fingerprint density at radius 1 is 1.39 bits per heavy atom. The standard InChI is InChI=1S/C15H26N2O/c1-3-4-13-5-6-14(10-16)15(9-13)17-7-8-18-11-12(17)2/h12-15H,3-9,11H2,1-2H3. The third kappa shape index (κ3) is 3.05. The lowest BCUT2D eigenvalue weighted by Crippen LogP contribution is -2.53. The zero-order chi connectivity index (χ0) is 13.0. The Bertz CT molecular complexity index is 299. The molecule has 2 fully saturated rings. The molecule has 0 aromatic heterocycles. The maximum atomic E-state index is 9.39. The summed E-state index contributed by atoms with van der Waals surface area (Å²) < 4.78 is 5.52. The van der Waals surface area contributed by atoms with Gasteiger partial charge in [0.15, 0.2) is 0 Å². The summed E-state index contributed by atoms with van der Waals surface area (Å²) in [6.07, 6.45) is 6.16. The van der Waals surface area contributed by atoms with Gasteiger partial charge in [-0.3, -0.25) is 4.90 Å². The highest BCUT2D eigenvalue weighted by Crippen LogP contribution is 2.35. The van der Waals surface area contributed by atoms with E-state index in [0.29, 0.717) is 12.1 Å². The molecule has 3 heteroatoms. The van der Waals surface area contributed by atoms with Crippen molar-refractivity contribution in [2.45, 2.75) is 58.0 Å². The van der Waals surface area contributed by atoms with Crippen molar-refractivity contribution in [2.24, 2.45) is 11.8 Å². The van der Waals surface area contributed by atoms with Crippen LogP contribution in [0.1, 0.15) is 46.0 Å². The van der Waals surface area contributed by atoms with Gasteiger partial charge in [-0.15, -0.1) is 0 Å². The largest absolute Gasteiger partial charge is 0.379 e. The summed E-state index contributed by atoms with van der Waals surface area (Å²) in [6, 6.07) is 3.50. The van der Waals surface area contributed by atoms with E-state index >= 15 is 0 Å². The Kier molecular flexibility index (Phi) is 5.03. The van der Waals surface area contributed by atoms with Crippen LogP contribution in [-0.4, -0.2) is 36.7 Å². The molecule has 2 aliphatic rings. The van der Waals surface area contributed by atoms with Gasteiger partial charge >= 0.3 is 0 Å². The quantitative estimate of drug-likeness (QED) is 0.773. The summed E-state index contributed by atoms with van der Waals surface area (Å²) in [5.74, 6) is 1.07. The van der Waals surface area contributed by atoms with Crippen molar-refractivity contribution >= 4 is 0 Å². The molecule has 1 aliphatic carbocycles. The Morgan fingerprint density at radius 3 is 2.89 bits per heavy atom. The molecule has 0 aromatic carbocycles. The first-order valence-corrected chi connectivity index (χ1v) is 7.49. The Hall–Kier alpha value is -0.590. The number of hydrogen-bond donors (Lipinski definition) is 0. The summed E-state index contributed by atoms with van der Waals surface area (Å²) in [7, 11) is 0. The number of ether oxygens (including phenoxy) is 1. The van der Waals surface area contributed by atoms with Crippen molar-refractivity contribution in [1.29, 1.82) is 5.26 Å². The van der Waals surface area contributed by atoms with E-state index in [1.165, 1.54) is 25.7 Å². The number of nitrogens with zero attached hydrogens (tertiary/aromatic N) is 2. The average Bonchev–Trinajstić information content (AvgIpc) is 2.40. The van der Waals surface area contributed by atoms with E-state index in [0.717, 1.165) is 32.1 Å². The summed E-state index contributed by atoms with van der Waals surface area (Å²) in [4.78, 5) is 2.54. The fourth-order valence-corrected chi connectivity index (χ4v) is 3.65. The summed E-state index contributed by atoms with van der Waals surface area (Å²) in [5, 5.41) is 9.39. The monoisotopic (exact) mass is 250 g/mol. The topological polar surface area (TPSA) is 36.3 Å². The van der Waals surface area contributed by atoms with Gasteiger partial charge < -0.3 is 4.74 Å². The highest BCUT2D eigenvalue weighted by molar-refractivity contribution is 4.99. The lowest BCUT2D eigenvalue weighted by molar-refractivity contribution is -0.0428. The van der Waals surface area contributed by atoms with Gasteiger partial charge in [0, 0.05) is 18.6 Å². The third-order valence-electron chi connectivity index (χ3n) is 4.63. The molecule has 0 amide bonds. The van der Waals surface area contributed by atoms with Crippen LogP contribution >= 0.6 is 0 Å². The van der Waals surface area contributed by atoms with E-state index < -0.39 is 0 Å². The average molecular weight is 250 g/mol. The molecule has 0 spiro atoms. The maximum Gasteiger partial charge on any atom is 0.0672 e. The van der Waals surface area contributed by atoms with Gasteiger partial charge in [-0.1, -0.05) is 19.8 Å². The molecule has 2 rings (SSSR count). The van der Waals surface area contributed by atoms with Crippen LogP contribution in [0.5, 0.6) is 0 Å². The first-order chi connectivity index (χ1) is 8.76. The van der Waals surface area contributed by atoms with E-state index in [1.807, 2.05) is 0 Å². The second kappa shape index (κ2) is 6.54. The fraction of sp³-hybridized carbons (Fsp3) is 0.933. The van der Waals surface area contributed by atoms with Crippen molar-refractivity contribution in [3.63, 3.8) is 0 Å². The molecule has 1 heterocycles. The minimum atomic E-state index is 0.235. The predicted molar refractivity (Wildman–Crippen MR) is 72.1 cm³/mol. The van der Waals surface area contributed by atoms with Crippen LogP contribution in [0.4, 0.5) is 0 Å². The van der Waals surface area contributed by atoms with Gasteiger partial charge in [0.2, 0.25) is 0 Å². The smallest absolute Gasteiger partial charge is 0.0672 e. The summed E-state index contributed by atoms with van der Waals surface area (Å²) in [5.41, 5.74) is 0. The molecule has 4 unspecified atom stereocenters. The Labute approximate surface area is 111 Å². The normalized spacial score (nSPS) is 38.3. The van der Waals surface area contributed by atoms with Crippen molar-refractivity contribution in [1.82, 2.24) is 4.90 Å². The molecule has 0 N–H and O–H groups in total. The van der Waals surface area contributed by atoms with Gasteiger partial charge in [0.1, 0.15) is 0 Å². The van der Waals surface area contributed by atoms with Crippen LogP contribution in [0, 0.1) is 23.2 Å². The minimum Gasteiger partial charge on any atom is -0.379 e. The van der Waals surface area contributed by atoms with Crippen LogP contribution < -0.4 is 0 Å². The number of morpholine rings is 1. The molecular formula is C15H26N2O. The van der Waals surface area contributed by atoms with Crippen molar-refractivity contribution < 1.29 is 4.74 Å². The second-order valence-electron chi connectivity index (χ2n) is 5.93. The van der Waals surface area contributed by atoms with Gasteiger partial charge in [0.25, 0.3) is 0 Å². The van der Waals surface area contributed by atoms with E-state index in [9.17, 15) is 5.26 Å². The number of hydrogen-bond acceptors (Lipinski definition) is 3. The molecule has 102 valence electrons. The van der Waals surface area contributed by atoms with Crippen molar-refractivity contribution in [3.05, 3.63) is 0 Å². The van der Waals surface area contributed by atoms with Crippen LogP contribution in [-0.2, 0) is 4.74 Å². The molecule has 4 atom stereocenters. The zero-order valence-corrected chi connectivity index (χ0v) is 11.8. The second-order valence-corrected chi connectivity index (χ2v) is 5.93. The molecule has 1 saturated heterocycles. The first kappa shape index (κ1) is 13.8. The molecule has 0 aromatic rings. The number of rotatable bonds is 3. The van der Waals surface area contributed by atoms with Gasteiger partial charge in [-0.2, -0.15) is 5.26 Å². The molecule has 3 nitrogen and oxygen atoms in total. The highest BCUT2D eigenvalue weighted by atomic mass is 16.5. The van der Waals surface area contributed by atoms with E-state index in [1.54, 1.807) is 0 Å². The minimum absolute atomic E-state index is 0.235. The maximum absolute atomic E-state index is 9.39. The Balaban J connectivity index is 2.03. The van der Waals surface area contributed by atoms with Crippen LogP contribution in [0.3, 0.4) is 0 Å². The molecule has 0 bridgehead atoms. The predicted octanol–water partition coefficient (Wildman–Crippen LogP) is 2.82. The summed E-state index contributed by atoms with van der Waals surface area (Å²) >= 11 is 0. The first-order valence-electron chi connectivity index (χ1n) is 7.49. The SMILES string of the molecule is CCCC1CCC(C#N)C(N2CCOCC2C)C1. The van der Waals surface area contributed by atoms with E-state index in [-0.39, 0.29) is 5.92 Å². The summed E-state index contributed by atoms with van der Waals surface area (Å²) in [6.45, 7) is 7.16. The molecule has 18 heavy (non-hydrogen) atoms. The van der Waals surface area contributed by atoms with Crippen molar-refractivity contribution in [2.75, 3.05) is 19.8 Å². The van der Waals surface area contributed by atoms with Crippen LogP contribution in [0.25, 0.3) is 0 Å². The van der Waals surface area contributed by atoms with E-state index in [4.69, 9.17) is 4.74 Å². The number of nitriles is 1. The van der Waals surface area contributed by atoms with Crippen molar-refractivity contribution in [3.8, 4) is 6.07 Å². The Morgan fingerprint density at radius 2 is 2.22 bits per heavy atom. The van der Waals surface area contributed by atoms with E-state index in [2.05, 4.69) is 24.8 Å². The molecule has 1 aliphatic heterocycles. The third-order valence-corrected chi connectivity index (χ3v) is 4.63. The van der Waals surface area contributed by atoms with Crippen LogP contribution in [0.15, 0.2) is 0 Å². The highest BCUT2D eigenvalue weighted by Gasteiger charge is 2.37. The molecule has 1 saturated carbocycles. The molecular weight excluding hydrogens is 224 g/mol. The van der Waals surface area contributed by atoms with Crippen LogP contribution in [0.2, 0.25) is 0 Å². The van der Waals surface area contributed by atoms with Gasteiger partial charge in [-0.05, 0) is 32.1 Å². The lowest BCUT2D eigenvalue weighted by atomic mass is 9.76.